The number of hydrogen-bond acceptors (Lipinski definition) is 3. The van der Waals surface area contributed by atoms with E-state index in [9.17, 15) is 14.7 Å². The van der Waals surface area contributed by atoms with Gasteiger partial charge in [0.15, 0.2) is 6.10 Å². The molecule has 6 heteroatoms. The molecule has 0 aliphatic carbocycles. The van der Waals surface area contributed by atoms with E-state index >= 15 is 0 Å². The number of amides is 1. The molecule has 0 radical (unpaired) electrons. The number of carboxylic acids is 1. The molecule has 30 heavy (non-hydrogen) atoms. The van der Waals surface area contributed by atoms with Gasteiger partial charge in [0, 0.05) is 28.4 Å². The highest BCUT2D eigenvalue weighted by Gasteiger charge is 2.20. The Morgan fingerprint density at radius 1 is 1.03 bits per heavy atom. The van der Waals surface area contributed by atoms with Crippen molar-refractivity contribution in [2.45, 2.75) is 26.0 Å². The smallest absolute Gasteiger partial charge is 0.344 e. The first-order valence-corrected chi connectivity index (χ1v) is 9.77. The third kappa shape index (κ3) is 3.48. The van der Waals surface area contributed by atoms with Crippen molar-refractivity contribution in [3.8, 4) is 5.75 Å². The van der Waals surface area contributed by atoms with E-state index in [2.05, 4.69) is 4.57 Å². The molecule has 1 heterocycles. The lowest BCUT2D eigenvalue weighted by Crippen LogP contribution is -2.25. The number of carbonyl (C=O) groups excluding carboxylic acids is 1. The summed E-state index contributed by atoms with van der Waals surface area (Å²) >= 11 is 0. The number of carboxylic acid groups (broad SMARTS) is 1. The first kappa shape index (κ1) is 19.5. The van der Waals surface area contributed by atoms with Crippen molar-refractivity contribution in [1.29, 1.82) is 0 Å². The Bertz CT molecular complexity index is 1240. The Morgan fingerprint density at radius 2 is 1.80 bits per heavy atom. The number of primary amides is 1. The van der Waals surface area contributed by atoms with Gasteiger partial charge in [-0.2, -0.15) is 0 Å². The molecule has 4 aromatic rings. The zero-order chi connectivity index (χ0) is 21.3. The van der Waals surface area contributed by atoms with Gasteiger partial charge in [-0.25, -0.2) is 4.79 Å². The van der Waals surface area contributed by atoms with Gasteiger partial charge in [0.1, 0.15) is 5.75 Å². The van der Waals surface area contributed by atoms with E-state index in [1.165, 1.54) is 0 Å². The zero-order valence-electron chi connectivity index (χ0n) is 16.5. The second kappa shape index (κ2) is 7.91. The molecule has 0 fully saturated rings. The van der Waals surface area contributed by atoms with Gasteiger partial charge in [-0.15, -0.1) is 0 Å². The number of nitrogens with two attached hydrogens (primary N) is 1. The topological polar surface area (TPSA) is 94.5 Å². The minimum atomic E-state index is -1.01. The fourth-order valence-electron chi connectivity index (χ4n) is 3.82. The van der Waals surface area contributed by atoms with Gasteiger partial charge >= 0.3 is 5.97 Å². The Kier molecular flexibility index (Phi) is 5.14. The molecule has 4 rings (SSSR count). The average Bonchev–Trinajstić information content (AvgIpc) is 3.05. The molecule has 0 spiro atoms. The van der Waals surface area contributed by atoms with Crippen LogP contribution in [0.25, 0.3) is 21.8 Å². The van der Waals surface area contributed by atoms with Gasteiger partial charge in [0.05, 0.1) is 5.52 Å². The predicted molar refractivity (Wildman–Crippen MR) is 116 cm³/mol. The van der Waals surface area contributed by atoms with E-state index < -0.39 is 18.0 Å². The van der Waals surface area contributed by atoms with Crippen molar-refractivity contribution in [3.63, 3.8) is 0 Å². The van der Waals surface area contributed by atoms with Gasteiger partial charge in [0.2, 0.25) is 5.91 Å². The lowest BCUT2D eigenvalue weighted by atomic mass is 10.1. The highest BCUT2D eigenvalue weighted by Crippen LogP contribution is 2.35. The first-order valence-electron chi connectivity index (χ1n) is 9.77. The number of carbonyl (C=O) groups is 2. The number of aliphatic carboxylic acids is 1. The maximum Gasteiger partial charge on any atom is 0.344 e. The Hall–Kier alpha value is -3.80. The number of benzene rings is 3. The van der Waals surface area contributed by atoms with E-state index in [1.807, 2.05) is 48.5 Å². The summed E-state index contributed by atoms with van der Waals surface area (Å²) in [5.74, 6) is -1.08. The number of rotatable bonds is 7. The van der Waals surface area contributed by atoms with E-state index in [0.29, 0.717) is 24.3 Å². The van der Waals surface area contributed by atoms with Crippen LogP contribution in [-0.4, -0.2) is 27.7 Å². The van der Waals surface area contributed by atoms with Crippen LogP contribution in [-0.2, 0) is 11.3 Å². The van der Waals surface area contributed by atoms with Crippen LogP contribution >= 0.6 is 0 Å². The fraction of sp³-hybridized carbons (Fsp3) is 0.167. The lowest BCUT2D eigenvalue weighted by molar-refractivity contribution is -0.145. The molecule has 0 saturated heterocycles. The normalized spacial score (nSPS) is 12.2. The minimum absolute atomic E-state index is 0.343. The Labute approximate surface area is 173 Å². The van der Waals surface area contributed by atoms with Crippen LogP contribution in [0.1, 0.15) is 29.3 Å². The van der Waals surface area contributed by atoms with Crippen LogP contribution in [0.4, 0.5) is 0 Å². The molecule has 0 aliphatic heterocycles. The van der Waals surface area contributed by atoms with E-state index in [-0.39, 0.29) is 0 Å². The third-order valence-electron chi connectivity index (χ3n) is 5.23. The summed E-state index contributed by atoms with van der Waals surface area (Å²) < 4.78 is 7.81. The molecule has 6 nitrogen and oxygen atoms in total. The summed E-state index contributed by atoms with van der Waals surface area (Å²) in [4.78, 5) is 23.5. The number of fused-ring (bicyclic) bond motifs is 3. The lowest BCUT2D eigenvalue weighted by Gasteiger charge is -2.13. The number of ether oxygens (including phenoxy) is 1. The maximum absolute atomic E-state index is 12.1. The van der Waals surface area contributed by atoms with Crippen LogP contribution in [0.2, 0.25) is 0 Å². The van der Waals surface area contributed by atoms with Crippen molar-refractivity contribution in [3.05, 3.63) is 77.9 Å². The van der Waals surface area contributed by atoms with Gasteiger partial charge in [-0.05, 0) is 42.3 Å². The number of nitrogens with zero attached hydrogens (tertiary/aromatic N) is 1. The Balaban J connectivity index is 1.93. The molecule has 1 atom stereocenters. The second-order valence-corrected chi connectivity index (χ2v) is 7.17. The summed E-state index contributed by atoms with van der Waals surface area (Å²) in [7, 11) is 0. The van der Waals surface area contributed by atoms with Gasteiger partial charge in [-0.1, -0.05) is 43.3 Å². The molecular formula is C24H22N2O4. The molecular weight excluding hydrogens is 380 g/mol. The van der Waals surface area contributed by atoms with Crippen LogP contribution in [0.3, 0.4) is 0 Å². The van der Waals surface area contributed by atoms with Gasteiger partial charge in [-0.3, -0.25) is 4.79 Å². The molecule has 1 unspecified atom stereocenters. The van der Waals surface area contributed by atoms with Crippen LogP contribution < -0.4 is 10.5 Å². The maximum atomic E-state index is 12.1. The summed E-state index contributed by atoms with van der Waals surface area (Å²) in [5, 5.41) is 10.9. The number of hydrogen-bond donors (Lipinski definition) is 2. The van der Waals surface area contributed by atoms with Crippen LogP contribution in [0.15, 0.2) is 66.7 Å². The first-order chi connectivity index (χ1) is 14.5. The number of aromatic nitrogens is 1. The quantitative estimate of drug-likeness (QED) is 0.485. The van der Waals surface area contributed by atoms with Crippen molar-refractivity contribution in [2.24, 2.45) is 5.73 Å². The van der Waals surface area contributed by atoms with Crippen molar-refractivity contribution in [1.82, 2.24) is 4.57 Å². The Morgan fingerprint density at radius 3 is 2.47 bits per heavy atom. The van der Waals surface area contributed by atoms with E-state index in [1.54, 1.807) is 25.1 Å². The monoisotopic (exact) mass is 402 g/mol. The molecule has 0 saturated carbocycles. The predicted octanol–water partition coefficient (Wildman–Crippen LogP) is 4.18. The van der Waals surface area contributed by atoms with Crippen molar-refractivity contribution >= 4 is 33.7 Å². The molecule has 0 aliphatic rings. The third-order valence-corrected chi connectivity index (χ3v) is 5.23. The summed E-state index contributed by atoms with van der Waals surface area (Å²) in [5.41, 5.74) is 9.00. The molecule has 1 aromatic heterocycles. The van der Waals surface area contributed by atoms with Crippen molar-refractivity contribution < 1.29 is 19.4 Å². The summed E-state index contributed by atoms with van der Waals surface area (Å²) in [6.45, 7) is 2.38. The molecule has 0 bridgehead atoms. The summed E-state index contributed by atoms with van der Waals surface area (Å²) in [6, 6.07) is 21.0. The van der Waals surface area contributed by atoms with Crippen LogP contribution in [0, 0.1) is 0 Å². The van der Waals surface area contributed by atoms with Crippen LogP contribution in [0.5, 0.6) is 5.75 Å². The molecule has 3 aromatic carbocycles. The summed E-state index contributed by atoms with van der Waals surface area (Å²) in [6.07, 6.45) is -0.592. The average molecular weight is 402 g/mol. The van der Waals surface area contributed by atoms with Gasteiger partial charge in [0.25, 0.3) is 0 Å². The second-order valence-electron chi connectivity index (χ2n) is 7.17. The fourth-order valence-corrected chi connectivity index (χ4v) is 3.82. The highest BCUT2D eigenvalue weighted by molar-refractivity contribution is 6.18. The van der Waals surface area contributed by atoms with Crippen molar-refractivity contribution in [2.75, 3.05) is 0 Å². The molecule has 3 N–H and O–H groups in total. The van der Waals surface area contributed by atoms with E-state index in [4.69, 9.17) is 10.5 Å². The highest BCUT2D eigenvalue weighted by atomic mass is 16.5. The SMILES string of the molecule is CCC(Oc1ccc2c(c1)c1c(C(N)=O)cccc1n2Cc1ccccc1)C(=O)O. The minimum Gasteiger partial charge on any atom is -0.479 e. The zero-order valence-corrected chi connectivity index (χ0v) is 16.5. The van der Waals surface area contributed by atoms with Gasteiger partial charge < -0.3 is 20.1 Å². The molecule has 152 valence electrons. The molecule has 1 amide bonds. The van der Waals surface area contributed by atoms with E-state index in [0.717, 1.165) is 27.4 Å². The largest absolute Gasteiger partial charge is 0.479 e. The standard InChI is InChI=1S/C24H22N2O4/c1-2-21(24(28)29)30-16-11-12-19-18(13-16)22-17(23(25)27)9-6-10-20(22)26(19)14-15-7-4-3-5-8-15/h3-13,21H,2,14H2,1H3,(H2,25,27)(H,28,29).